The molecule has 0 heterocycles. The van der Waals surface area contributed by atoms with E-state index in [0.29, 0.717) is 25.9 Å². The van der Waals surface area contributed by atoms with E-state index in [2.05, 4.69) is 31.3 Å². The average Bonchev–Trinajstić information content (AvgIpc) is 3.44. The van der Waals surface area contributed by atoms with Crippen molar-refractivity contribution in [1.29, 1.82) is 0 Å². The Balaban J connectivity index is 3.37. The van der Waals surface area contributed by atoms with Crippen molar-refractivity contribution in [3.8, 4) is 0 Å². The van der Waals surface area contributed by atoms with Crippen molar-refractivity contribution in [3.05, 3.63) is 12.2 Å². The Bertz CT molecular complexity index is 1180. The van der Waals surface area contributed by atoms with Crippen molar-refractivity contribution in [2.24, 2.45) is 0 Å². The Morgan fingerprint density at radius 2 is 0.603 bits per heavy atom. The standard InChI is InChI=1S/C72H141NO5/c1-3-5-7-9-11-13-15-17-19-21-30-33-36-40-44-48-52-56-60-64-70(75)69(68-74)73-71(76)65-61-57-53-49-45-41-37-34-31-28-26-24-22-23-25-27-29-32-35-39-43-47-51-55-59-63-67-78-72(77)66-62-58-54-50-46-42-38-20-18-16-14-12-10-8-6-4-2/h22,24,69-70,74-75H,3-21,23,25-68H2,1-2H3,(H,73,76)/b24-22-. The van der Waals surface area contributed by atoms with Crippen LogP contribution in [-0.4, -0.2) is 47.4 Å². The van der Waals surface area contributed by atoms with Crippen molar-refractivity contribution in [3.63, 3.8) is 0 Å². The van der Waals surface area contributed by atoms with E-state index < -0.39 is 12.1 Å². The molecule has 78 heavy (non-hydrogen) atoms. The van der Waals surface area contributed by atoms with Crippen molar-refractivity contribution in [2.75, 3.05) is 13.2 Å². The first-order chi connectivity index (χ1) is 38.5. The van der Waals surface area contributed by atoms with Crippen LogP contribution in [0, 0.1) is 0 Å². The van der Waals surface area contributed by atoms with Gasteiger partial charge in [0.25, 0.3) is 0 Å². The number of carbonyl (C=O) groups excluding carboxylic acids is 2. The number of carbonyl (C=O) groups is 2. The van der Waals surface area contributed by atoms with Gasteiger partial charge in [-0.05, 0) is 51.4 Å². The van der Waals surface area contributed by atoms with Crippen molar-refractivity contribution >= 4 is 11.9 Å². The van der Waals surface area contributed by atoms with E-state index in [9.17, 15) is 19.8 Å². The zero-order valence-corrected chi connectivity index (χ0v) is 53.2. The second-order valence-electron chi connectivity index (χ2n) is 24.9. The quantitative estimate of drug-likeness (QED) is 0.0320. The number of allylic oxidation sites excluding steroid dienone is 2. The molecule has 0 bridgehead atoms. The molecule has 464 valence electrons. The molecule has 6 heteroatoms. The lowest BCUT2D eigenvalue weighted by molar-refractivity contribution is -0.143. The number of amides is 1. The van der Waals surface area contributed by atoms with Crippen LogP contribution in [0.5, 0.6) is 0 Å². The first-order valence-electron chi connectivity index (χ1n) is 35.9. The molecule has 0 aliphatic carbocycles. The van der Waals surface area contributed by atoms with Gasteiger partial charge in [0, 0.05) is 12.8 Å². The van der Waals surface area contributed by atoms with Gasteiger partial charge in [-0.25, -0.2) is 0 Å². The van der Waals surface area contributed by atoms with Gasteiger partial charge in [0.15, 0.2) is 0 Å². The van der Waals surface area contributed by atoms with Crippen LogP contribution in [0.3, 0.4) is 0 Å². The molecule has 0 rings (SSSR count). The van der Waals surface area contributed by atoms with Crippen molar-refractivity contribution in [2.45, 2.75) is 424 Å². The summed E-state index contributed by atoms with van der Waals surface area (Å²) in [6.45, 7) is 5.00. The summed E-state index contributed by atoms with van der Waals surface area (Å²) < 4.78 is 5.50. The summed E-state index contributed by atoms with van der Waals surface area (Å²) in [5.41, 5.74) is 0. The first-order valence-corrected chi connectivity index (χ1v) is 35.9. The zero-order valence-electron chi connectivity index (χ0n) is 53.2. The first kappa shape index (κ1) is 76.6. The smallest absolute Gasteiger partial charge is 0.305 e. The Morgan fingerprint density at radius 1 is 0.346 bits per heavy atom. The maximum atomic E-state index is 12.5. The molecule has 0 spiro atoms. The Hall–Kier alpha value is -1.40. The van der Waals surface area contributed by atoms with Crippen LogP contribution in [0.1, 0.15) is 412 Å². The summed E-state index contributed by atoms with van der Waals surface area (Å²) >= 11 is 0. The van der Waals surface area contributed by atoms with Crippen LogP contribution in [0.25, 0.3) is 0 Å². The highest BCUT2D eigenvalue weighted by atomic mass is 16.5. The lowest BCUT2D eigenvalue weighted by Crippen LogP contribution is -2.45. The number of aliphatic hydroxyl groups is 2. The minimum absolute atomic E-state index is 0.0189. The monoisotopic (exact) mass is 1100 g/mol. The van der Waals surface area contributed by atoms with Crippen LogP contribution < -0.4 is 5.32 Å². The summed E-state index contributed by atoms with van der Waals surface area (Å²) in [6.07, 6.45) is 84.0. The fourth-order valence-corrected chi connectivity index (χ4v) is 11.6. The maximum absolute atomic E-state index is 12.5. The van der Waals surface area contributed by atoms with E-state index in [1.165, 1.54) is 340 Å². The van der Waals surface area contributed by atoms with Crippen LogP contribution >= 0.6 is 0 Å². The Morgan fingerprint density at radius 3 is 0.910 bits per heavy atom. The van der Waals surface area contributed by atoms with E-state index in [1.807, 2.05) is 0 Å². The van der Waals surface area contributed by atoms with Crippen LogP contribution in [0.15, 0.2) is 12.2 Å². The summed E-state index contributed by atoms with van der Waals surface area (Å²) in [5.74, 6) is -0.0133. The van der Waals surface area contributed by atoms with Gasteiger partial charge in [-0.1, -0.05) is 360 Å². The lowest BCUT2D eigenvalue weighted by Gasteiger charge is -2.22. The third kappa shape index (κ3) is 63.8. The second-order valence-corrected chi connectivity index (χ2v) is 24.9. The van der Waals surface area contributed by atoms with Gasteiger partial charge in [0.2, 0.25) is 5.91 Å². The molecule has 3 N–H and O–H groups in total. The number of esters is 1. The number of nitrogens with one attached hydrogen (secondary N) is 1. The Kier molecular flexibility index (Phi) is 66.9. The molecule has 0 fully saturated rings. The Labute approximate surface area is 489 Å². The summed E-state index contributed by atoms with van der Waals surface area (Å²) in [4.78, 5) is 24.6. The number of aliphatic hydroxyl groups excluding tert-OH is 2. The number of ether oxygens (including phenoxy) is 1. The summed E-state index contributed by atoms with van der Waals surface area (Å²) in [7, 11) is 0. The molecule has 6 nitrogen and oxygen atoms in total. The molecule has 0 aromatic heterocycles. The highest BCUT2D eigenvalue weighted by Gasteiger charge is 2.20. The topological polar surface area (TPSA) is 95.9 Å². The summed E-state index contributed by atoms with van der Waals surface area (Å²) in [6, 6.07) is -0.543. The van der Waals surface area contributed by atoms with E-state index in [0.717, 1.165) is 38.5 Å². The fourth-order valence-electron chi connectivity index (χ4n) is 11.6. The predicted octanol–water partition coefficient (Wildman–Crippen LogP) is 23.1. The molecule has 2 unspecified atom stereocenters. The zero-order chi connectivity index (χ0) is 56.4. The molecule has 0 saturated heterocycles. The number of hydrogen-bond donors (Lipinski definition) is 3. The predicted molar refractivity (Wildman–Crippen MR) is 343 cm³/mol. The third-order valence-corrected chi connectivity index (χ3v) is 17.1. The van der Waals surface area contributed by atoms with Crippen molar-refractivity contribution < 1.29 is 24.5 Å². The van der Waals surface area contributed by atoms with Crippen LogP contribution in [0.2, 0.25) is 0 Å². The van der Waals surface area contributed by atoms with Gasteiger partial charge in [-0.3, -0.25) is 9.59 Å². The number of rotatable bonds is 68. The lowest BCUT2D eigenvalue weighted by atomic mass is 10.0. The molecule has 0 aliphatic rings. The number of hydrogen-bond acceptors (Lipinski definition) is 5. The average molecular weight is 1100 g/mol. The molecule has 0 radical (unpaired) electrons. The van der Waals surface area contributed by atoms with E-state index in [-0.39, 0.29) is 18.5 Å². The SMILES string of the molecule is CCCCCCCCCCCCCCCCCCCCCC(O)C(CO)NC(=O)CCCCCCCCCCCC/C=C\CCCCCCCCCCCCCCOC(=O)CCCCCCCCCCCCCCCCCC. The molecule has 0 aromatic rings. The molecule has 0 saturated carbocycles. The van der Waals surface area contributed by atoms with Gasteiger partial charge in [0.1, 0.15) is 0 Å². The van der Waals surface area contributed by atoms with Gasteiger partial charge in [0.05, 0.1) is 25.4 Å². The summed E-state index contributed by atoms with van der Waals surface area (Å²) in [5, 5.41) is 23.4. The number of unbranched alkanes of at least 4 members (excludes halogenated alkanes) is 55. The van der Waals surface area contributed by atoms with Gasteiger partial charge in [-0.2, -0.15) is 0 Å². The van der Waals surface area contributed by atoms with E-state index in [4.69, 9.17) is 4.74 Å². The third-order valence-electron chi connectivity index (χ3n) is 17.1. The second kappa shape index (κ2) is 68.1. The highest BCUT2D eigenvalue weighted by molar-refractivity contribution is 5.76. The fraction of sp³-hybridized carbons (Fsp3) is 0.944. The molecular weight excluding hydrogens is 959 g/mol. The van der Waals surface area contributed by atoms with E-state index >= 15 is 0 Å². The molecule has 2 atom stereocenters. The highest BCUT2D eigenvalue weighted by Crippen LogP contribution is 2.19. The largest absolute Gasteiger partial charge is 0.466 e. The van der Waals surface area contributed by atoms with Crippen LogP contribution in [0.4, 0.5) is 0 Å². The van der Waals surface area contributed by atoms with E-state index in [1.54, 1.807) is 0 Å². The van der Waals surface area contributed by atoms with Crippen molar-refractivity contribution in [1.82, 2.24) is 5.32 Å². The molecular formula is C72H141NO5. The van der Waals surface area contributed by atoms with Gasteiger partial charge < -0.3 is 20.3 Å². The minimum atomic E-state index is -0.666. The molecule has 1 amide bonds. The maximum Gasteiger partial charge on any atom is 0.305 e. The van der Waals surface area contributed by atoms with Crippen LogP contribution in [-0.2, 0) is 14.3 Å². The van der Waals surface area contributed by atoms with Gasteiger partial charge >= 0.3 is 5.97 Å². The molecule has 0 aliphatic heterocycles. The normalized spacial score (nSPS) is 12.5. The molecule has 0 aromatic carbocycles. The van der Waals surface area contributed by atoms with Gasteiger partial charge in [-0.15, -0.1) is 0 Å². The minimum Gasteiger partial charge on any atom is -0.466 e.